The topological polar surface area (TPSA) is 92.5 Å². The summed E-state index contributed by atoms with van der Waals surface area (Å²) in [5.41, 5.74) is 2.85. The van der Waals surface area contributed by atoms with Gasteiger partial charge < -0.3 is 9.47 Å². The van der Waals surface area contributed by atoms with Gasteiger partial charge in [0.05, 0.1) is 6.04 Å². The predicted octanol–water partition coefficient (Wildman–Crippen LogP) is 0.934. The van der Waals surface area contributed by atoms with Crippen LogP contribution in [0.1, 0.15) is 62.6 Å². The van der Waals surface area contributed by atoms with Crippen LogP contribution in [0.15, 0.2) is 5.10 Å². The molecule has 8 nitrogen and oxygen atoms in total. The Morgan fingerprint density at radius 1 is 1.04 bits per heavy atom. The number of amides is 2. The van der Waals surface area contributed by atoms with E-state index in [1.807, 2.05) is 4.90 Å². The molecule has 0 radical (unpaired) electrons. The standard InChI is InChI=1S/C16H22N6O2/c23-14-8-7-11(17-19-14)16(24)21-10-4-5-12(21)15-20-18-13-6-2-1-3-9-22(13)15/h12H,1-10H2,(H,19,23). The molecule has 8 heteroatoms. The minimum absolute atomic E-state index is 0.0304. The molecule has 1 atom stereocenters. The summed E-state index contributed by atoms with van der Waals surface area (Å²) >= 11 is 0. The second-order valence-corrected chi connectivity index (χ2v) is 6.69. The highest BCUT2D eigenvalue weighted by atomic mass is 16.2. The Labute approximate surface area is 140 Å². The van der Waals surface area contributed by atoms with Crippen LogP contribution in [0.2, 0.25) is 0 Å². The van der Waals surface area contributed by atoms with Crippen LogP contribution in [0.4, 0.5) is 0 Å². The number of fused-ring (bicyclic) bond motifs is 1. The number of nitrogens with one attached hydrogen (secondary N) is 1. The number of hydrazone groups is 1. The molecule has 1 fully saturated rings. The van der Waals surface area contributed by atoms with E-state index in [0.717, 1.165) is 50.3 Å². The number of aromatic nitrogens is 3. The third-order valence-corrected chi connectivity index (χ3v) is 5.10. The van der Waals surface area contributed by atoms with Crippen LogP contribution in [-0.2, 0) is 22.6 Å². The lowest BCUT2D eigenvalue weighted by molar-refractivity contribution is -0.125. The van der Waals surface area contributed by atoms with Crippen molar-refractivity contribution in [2.24, 2.45) is 5.10 Å². The van der Waals surface area contributed by atoms with Gasteiger partial charge in [-0.15, -0.1) is 10.2 Å². The Morgan fingerprint density at radius 2 is 1.96 bits per heavy atom. The van der Waals surface area contributed by atoms with E-state index >= 15 is 0 Å². The molecule has 0 spiro atoms. The highest BCUT2D eigenvalue weighted by Gasteiger charge is 2.36. The lowest BCUT2D eigenvalue weighted by Crippen LogP contribution is -2.40. The summed E-state index contributed by atoms with van der Waals surface area (Å²) < 4.78 is 2.22. The molecule has 3 aliphatic heterocycles. The van der Waals surface area contributed by atoms with Crippen LogP contribution in [0.5, 0.6) is 0 Å². The largest absolute Gasteiger partial charge is 0.327 e. The summed E-state index contributed by atoms with van der Waals surface area (Å²) in [5, 5.41) is 12.7. The normalized spacial score (nSPS) is 24.2. The summed E-state index contributed by atoms with van der Waals surface area (Å²) in [7, 11) is 0. The predicted molar refractivity (Wildman–Crippen MR) is 86.1 cm³/mol. The summed E-state index contributed by atoms with van der Waals surface area (Å²) in [5.74, 6) is 1.75. The average molecular weight is 330 g/mol. The van der Waals surface area contributed by atoms with Gasteiger partial charge in [0.2, 0.25) is 5.91 Å². The number of nitrogens with zero attached hydrogens (tertiary/aromatic N) is 5. The van der Waals surface area contributed by atoms with Gasteiger partial charge in [-0.3, -0.25) is 9.59 Å². The van der Waals surface area contributed by atoms with Crippen molar-refractivity contribution in [1.82, 2.24) is 25.1 Å². The van der Waals surface area contributed by atoms with Crippen molar-refractivity contribution in [3.05, 3.63) is 11.6 Å². The van der Waals surface area contributed by atoms with E-state index in [2.05, 4.69) is 25.3 Å². The summed E-state index contributed by atoms with van der Waals surface area (Å²) in [6.07, 6.45) is 7.06. The molecule has 0 aromatic carbocycles. The molecule has 128 valence electrons. The molecule has 1 aromatic heterocycles. The number of hydrogen-bond acceptors (Lipinski definition) is 5. The van der Waals surface area contributed by atoms with Gasteiger partial charge in [0.1, 0.15) is 11.5 Å². The molecule has 1 unspecified atom stereocenters. The highest BCUT2D eigenvalue weighted by molar-refractivity contribution is 6.39. The highest BCUT2D eigenvalue weighted by Crippen LogP contribution is 2.32. The Bertz CT molecular complexity index is 695. The summed E-state index contributed by atoms with van der Waals surface area (Å²) in [6.45, 7) is 1.64. The number of rotatable bonds is 2. The molecule has 24 heavy (non-hydrogen) atoms. The third kappa shape index (κ3) is 2.70. The van der Waals surface area contributed by atoms with E-state index in [1.165, 1.54) is 6.42 Å². The van der Waals surface area contributed by atoms with Gasteiger partial charge in [0.15, 0.2) is 5.82 Å². The Balaban J connectivity index is 1.58. The third-order valence-electron chi connectivity index (χ3n) is 5.10. The number of carbonyl (C=O) groups excluding carboxylic acids is 2. The van der Waals surface area contributed by atoms with E-state index in [1.54, 1.807) is 0 Å². The fourth-order valence-corrected chi connectivity index (χ4v) is 3.83. The minimum Gasteiger partial charge on any atom is -0.327 e. The Morgan fingerprint density at radius 3 is 2.79 bits per heavy atom. The molecule has 0 saturated carbocycles. The van der Waals surface area contributed by atoms with Crippen LogP contribution >= 0.6 is 0 Å². The molecule has 0 aliphatic carbocycles. The smallest absolute Gasteiger partial charge is 0.270 e. The fraction of sp³-hybridized carbons (Fsp3) is 0.688. The molecule has 0 bridgehead atoms. The van der Waals surface area contributed by atoms with Crippen molar-refractivity contribution in [2.75, 3.05) is 6.54 Å². The lowest BCUT2D eigenvalue weighted by Gasteiger charge is -2.26. The molecule has 2 amide bonds. The first-order valence-corrected chi connectivity index (χ1v) is 8.82. The van der Waals surface area contributed by atoms with Crippen LogP contribution in [-0.4, -0.2) is 43.7 Å². The average Bonchev–Trinajstić information content (AvgIpc) is 3.16. The van der Waals surface area contributed by atoms with Gasteiger partial charge in [-0.25, -0.2) is 5.43 Å². The van der Waals surface area contributed by atoms with Crippen LogP contribution in [0, 0.1) is 0 Å². The van der Waals surface area contributed by atoms with Crippen LogP contribution < -0.4 is 5.43 Å². The first-order chi connectivity index (χ1) is 11.7. The summed E-state index contributed by atoms with van der Waals surface area (Å²) in [4.78, 5) is 25.9. The van der Waals surface area contributed by atoms with Gasteiger partial charge >= 0.3 is 0 Å². The maximum absolute atomic E-state index is 12.8. The number of aryl methyl sites for hydroxylation is 1. The van der Waals surface area contributed by atoms with Gasteiger partial charge in [0.25, 0.3) is 5.91 Å². The van der Waals surface area contributed by atoms with E-state index in [-0.39, 0.29) is 17.9 Å². The zero-order valence-corrected chi connectivity index (χ0v) is 13.7. The van der Waals surface area contributed by atoms with Crippen molar-refractivity contribution in [3.63, 3.8) is 0 Å². The lowest BCUT2D eigenvalue weighted by atomic mass is 10.1. The number of carbonyl (C=O) groups is 2. The molecular weight excluding hydrogens is 308 g/mol. The SMILES string of the molecule is O=C1CCC(C(=O)N2CCCC2c2nnc3n2CCCCC3)=NN1. The monoisotopic (exact) mass is 330 g/mol. The Kier molecular flexibility index (Phi) is 4.03. The van der Waals surface area contributed by atoms with Crippen molar-refractivity contribution in [2.45, 2.75) is 64.0 Å². The maximum Gasteiger partial charge on any atom is 0.270 e. The second-order valence-electron chi connectivity index (χ2n) is 6.69. The molecule has 1 saturated heterocycles. The molecular formula is C16H22N6O2. The van der Waals surface area contributed by atoms with E-state index < -0.39 is 0 Å². The van der Waals surface area contributed by atoms with Crippen molar-refractivity contribution in [3.8, 4) is 0 Å². The minimum atomic E-state index is -0.132. The van der Waals surface area contributed by atoms with E-state index in [4.69, 9.17) is 0 Å². The van der Waals surface area contributed by atoms with Gasteiger partial charge in [0, 0.05) is 32.4 Å². The maximum atomic E-state index is 12.8. The first kappa shape index (κ1) is 15.3. The quantitative estimate of drug-likeness (QED) is 0.873. The molecule has 1 N–H and O–H groups in total. The number of likely N-dealkylation sites (tertiary alicyclic amines) is 1. The summed E-state index contributed by atoms with van der Waals surface area (Å²) in [6, 6.07) is -0.0304. The van der Waals surface area contributed by atoms with E-state index in [0.29, 0.717) is 25.1 Å². The van der Waals surface area contributed by atoms with Crippen LogP contribution in [0.25, 0.3) is 0 Å². The van der Waals surface area contributed by atoms with Gasteiger partial charge in [-0.05, 0) is 25.7 Å². The second kappa shape index (κ2) is 6.33. The molecule has 1 aromatic rings. The zero-order chi connectivity index (χ0) is 16.5. The molecule has 3 aliphatic rings. The fourth-order valence-electron chi connectivity index (χ4n) is 3.83. The van der Waals surface area contributed by atoms with Gasteiger partial charge in [-0.2, -0.15) is 5.10 Å². The molecule has 4 rings (SSSR count). The first-order valence-electron chi connectivity index (χ1n) is 8.82. The Hall–Kier alpha value is -2.25. The van der Waals surface area contributed by atoms with E-state index in [9.17, 15) is 9.59 Å². The van der Waals surface area contributed by atoms with Crippen molar-refractivity contribution in [1.29, 1.82) is 0 Å². The van der Waals surface area contributed by atoms with Crippen molar-refractivity contribution >= 4 is 17.5 Å². The van der Waals surface area contributed by atoms with Crippen LogP contribution in [0.3, 0.4) is 0 Å². The molecule has 4 heterocycles. The zero-order valence-electron chi connectivity index (χ0n) is 13.7. The van der Waals surface area contributed by atoms with Crippen molar-refractivity contribution < 1.29 is 9.59 Å². The van der Waals surface area contributed by atoms with Gasteiger partial charge in [-0.1, -0.05) is 6.42 Å². The number of hydrogen-bond donors (Lipinski definition) is 1.